The number of amides is 1. The Labute approximate surface area is 204 Å². The molecular weight excluding hydrogens is 468 g/mol. The number of fused-ring (bicyclic) bond motifs is 1. The van der Waals surface area contributed by atoms with Crippen LogP contribution in [0.1, 0.15) is 11.1 Å². The van der Waals surface area contributed by atoms with E-state index in [0.717, 1.165) is 22.9 Å². The first-order chi connectivity index (χ1) is 16.8. The summed E-state index contributed by atoms with van der Waals surface area (Å²) in [7, 11) is 1.37. The number of aromatic nitrogens is 2. The number of nitro groups is 1. The van der Waals surface area contributed by atoms with Crippen molar-refractivity contribution in [1.29, 1.82) is 0 Å². The van der Waals surface area contributed by atoms with Crippen LogP contribution in [-0.4, -0.2) is 33.2 Å². The summed E-state index contributed by atoms with van der Waals surface area (Å²) < 4.78 is 6.72. The zero-order chi connectivity index (χ0) is 25.1. The van der Waals surface area contributed by atoms with Crippen LogP contribution in [0.3, 0.4) is 0 Å². The van der Waals surface area contributed by atoms with E-state index in [1.807, 2.05) is 32.0 Å². The van der Waals surface area contributed by atoms with E-state index in [0.29, 0.717) is 27.4 Å². The number of para-hydroxylation sites is 1. The van der Waals surface area contributed by atoms with Crippen molar-refractivity contribution in [3.63, 3.8) is 0 Å². The average Bonchev–Trinajstić information content (AvgIpc) is 2.84. The summed E-state index contributed by atoms with van der Waals surface area (Å²) in [6, 6.07) is 16.9. The Hall–Kier alpha value is -4.18. The molecule has 3 aromatic carbocycles. The minimum atomic E-state index is -0.540. The summed E-state index contributed by atoms with van der Waals surface area (Å²) in [6.45, 7) is 3.86. The van der Waals surface area contributed by atoms with Crippen LogP contribution < -0.4 is 15.6 Å². The molecule has 0 spiro atoms. The Morgan fingerprint density at radius 2 is 1.91 bits per heavy atom. The molecule has 0 saturated heterocycles. The number of ether oxygens (including phenoxy) is 1. The van der Waals surface area contributed by atoms with Gasteiger partial charge in [-0.15, -0.1) is 0 Å². The lowest BCUT2D eigenvalue weighted by Crippen LogP contribution is -2.23. The highest BCUT2D eigenvalue weighted by Crippen LogP contribution is 2.30. The van der Waals surface area contributed by atoms with Crippen LogP contribution in [0.5, 0.6) is 5.75 Å². The SMILES string of the molecule is COc1cc([N+](=O)[O-])ccc1NC(=O)CSc1nc2ccccc2c(=O)n1-c1cc(C)ccc1C. The molecule has 4 aromatic rings. The van der Waals surface area contributed by atoms with Crippen LogP contribution in [0.4, 0.5) is 11.4 Å². The Balaban J connectivity index is 1.67. The van der Waals surface area contributed by atoms with E-state index < -0.39 is 4.92 Å². The number of hydrogen-bond acceptors (Lipinski definition) is 7. The smallest absolute Gasteiger partial charge is 0.273 e. The van der Waals surface area contributed by atoms with Gasteiger partial charge in [-0.2, -0.15) is 0 Å². The number of carbonyl (C=O) groups is 1. The predicted octanol–water partition coefficient (Wildman–Crippen LogP) is 4.65. The first kappa shape index (κ1) is 24.0. The van der Waals surface area contributed by atoms with Crippen LogP contribution in [-0.2, 0) is 4.79 Å². The third-order valence-corrected chi connectivity index (χ3v) is 6.29. The molecule has 0 aliphatic carbocycles. The largest absolute Gasteiger partial charge is 0.494 e. The molecule has 0 unspecified atom stereocenters. The highest BCUT2D eigenvalue weighted by molar-refractivity contribution is 7.99. The summed E-state index contributed by atoms with van der Waals surface area (Å²) in [6.07, 6.45) is 0. The maximum atomic E-state index is 13.5. The van der Waals surface area contributed by atoms with E-state index in [1.165, 1.54) is 29.9 Å². The third kappa shape index (κ3) is 5.02. The molecule has 1 heterocycles. The molecule has 1 aromatic heterocycles. The van der Waals surface area contributed by atoms with Crippen molar-refractivity contribution in [1.82, 2.24) is 9.55 Å². The molecule has 178 valence electrons. The average molecular weight is 491 g/mol. The predicted molar refractivity (Wildman–Crippen MR) is 136 cm³/mol. The van der Waals surface area contributed by atoms with E-state index in [-0.39, 0.29) is 28.7 Å². The molecule has 0 aliphatic rings. The maximum absolute atomic E-state index is 13.5. The fraction of sp³-hybridized carbons (Fsp3) is 0.160. The summed E-state index contributed by atoms with van der Waals surface area (Å²) in [5.41, 5.74) is 3.08. The topological polar surface area (TPSA) is 116 Å². The molecule has 0 aliphatic heterocycles. The molecule has 0 radical (unpaired) electrons. The van der Waals surface area contributed by atoms with Gasteiger partial charge >= 0.3 is 0 Å². The van der Waals surface area contributed by atoms with Gasteiger partial charge in [0.15, 0.2) is 5.16 Å². The third-order valence-electron chi connectivity index (χ3n) is 5.35. The Bertz CT molecular complexity index is 1520. The molecule has 0 saturated carbocycles. The molecule has 1 amide bonds. The summed E-state index contributed by atoms with van der Waals surface area (Å²) in [5, 5.41) is 14.6. The lowest BCUT2D eigenvalue weighted by Gasteiger charge is -2.16. The number of thioether (sulfide) groups is 1. The second-order valence-electron chi connectivity index (χ2n) is 7.82. The van der Waals surface area contributed by atoms with Gasteiger partial charge < -0.3 is 10.1 Å². The molecule has 0 bridgehead atoms. The normalized spacial score (nSPS) is 10.8. The highest BCUT2D eigenvalue weighted by atomic mass is 32.2. The molecule has 1 N–H and O–H groups in total. The Morgan fingerprint density at radius 3 is 2.66 bits per heavy atom. The van der Waals surface area contributed by atoms with Crippen LogP contribution in [0.15, 0.2) is 70.6 Å². The van der Waals surface area contributed by atoms with E-state index in [2.05, 4.69) is 10.3 Å². The van der Waals surface area contributed by atoms with Gasteiger partial charge in [0.25, 0.3) is 11.2 Å². The second kappa shape index (κ2) is 9.98. The molecule has 0 fully saturated rings. The second-order valence-corrected chi connectivity index (χ2v) is 8.76. The van der Waals surface area contributed by atoms with Gasteiger partial charge in [0.1, 0.15) is 5.75 Å². The first-order valence-corrected chi connectivity index (χ1v) is 11.6. The minimum Gasteiger partial charge on any atom is -0.494 e. The van der Waals surface area contributed by atoms with Gasteiger partial charge in [-0.25, -0.2) is 4.98 Å². The number of nitrogens with one attached hydrogen (secondary N) is 1. The van der Waals surface area contributed by atoms with Crippen molar-refractivity contribution in [2.24, 2.45) is 0 Å². The van der Waals surface area contributed by atoms with E-state index in [9.17, 15) is 19.7 Å². The zero-order valence-corrected chi connectivity index (χ0v) is 20.1. The number of nitrogens with zero attached hydrogens (tertiary/aromatic N) is 3. The number of non-ortho nitro benzene ring substituents is 1. The number of aryl methyl sites for hydroxylation is 2. The lowest BCUT2D eigenvalue weighted by atomic mass is 10.1. The maximum Gasteiger partial charge on any atom is 0.273 e. The van der Waals surface area contributed by atoms with Crippen molar-refractivity contribution in [2.75, 3.05) is 18.2 Å². The molecule has 9 nitrogen and oxygen atoms in total. The first-order valence-electron chi connectivity index (χ1n) is 10.6. The van der Waals surface area contributed by atoms with Gasteiger partial charge in [0.2, 0.25) is 5.91 Å². The zero-order valence-electron chi connectivity index (χ0n) is 19.3. The number of rotatable bonds is 7. The summed E-state index contributed by atoms with van der Waals surface area (Å²) in [4.78, 5) is 41.3. The monoisotopic (exact) mass is 490 g/mol. The van der Waals surface area contributed by atoms with Gasteiger partial charge in [-0.1, -0.05) is 36.0 Å². The summed E-state index contributed by atoms with van der Waals surface area (Å²) >= 11 is 1.13. The fourth-order valence-electron chi connectivity index (χ4n) is 3.60. The van der Waals surface area contributed by atoms with Gasteiger partial charge in [-0.05, 0) is 49.2 Å². The number of carbonyl (C=O) groups excluding carboxylic acids is 1. The van der Waals surface area contributed by atoms with E-state index in [4.69, 9.17) is 4.74 Å². The Kier molecular flexibility index (Phi) is 6.83. The van der Waals surface area contributed by atoms with Gasteiger partial charge in [0.05, 0.1) is 46.1 Å². The minimum absolute atomic E-state index is 0.0458. The summed E-state index contributed by atoms with van der Waals surface area (Å²) in [5.74, 6) is -0.249. The molecular formula is C25H22N4O5S. The Morgan fingerprint density at radius 1 is 1.14 bits per heavy atom. The molecule has 35 heavy (non-hydrogen) atoms. The molecule has 4 rings (SSSR count). The molecule has 0 atom stereocenters. The van der Waals surface area contributed by atoms with Crippen LogP contribution in [0.2, 0.25) is 0 Å². The van der Waals surface area contributed by atoms with Crippen LogP contribution in [0.25, 0.3) is 16.6 Å². The van der Waals surface area contributed by atoms with Gasteiger partial charge in [-0.3, -0.25) is 24.3 Å². The molecule has 10 heteroatoms. The van der Waals surface area contributed by atoms with Crippen molar-refractivity contribution < 1.29 is 14.5 Å². The number of anilines is 1. The van der Waals surface area contributed by atoms with Crippen molar-refractivity contribution >= 4 is 39.9 Å². The fourth-order valence-corrected chi connectivity index (χ4v) is 4.40. The van der Waals surface area contributed by atoms with Crippen LogP contribution in [0, 0.1) is 24.0 Å². The number of nitro benzene ring substituents is 1. The highest BCUT2D eigenvalue weighted by Gasteiger charge is 2.18. The van der Waals surface area contributed by atoms with Crippen LogP contribution >= 0.6 is 11.8 Å². The van der Waals surface area contributed by atoms with Crippen molar-refractivity contribution in [3.8, 4) is 11.4 Å². The number of hydrogen-bond donors (Lipinski definition) is 1. The van der Waals surface area contributed by atoms with E-state index in [1.54, 1.807) is 24.3 Å². The van der Waals surface area contributed by atoms with Gasteiger partial charge in [0, 0.05) is 6.07 Å². The van der Waals surface area contributed by atoms with E-state index >= 15 is 0 Å². The van der Waals surface area contributed by atoms with Crippen molar-refractivity contribution in [3.05, 3.63) is 92.3 Å². The number of methoxy groups -OCH3 is 1. The van der Waals surface area contributed by atoms with Crippen molar-refractivity contribution in [2.45, 2.75) is 19.0 Å². The lowest BCUT2D eigenvalue weighted by molar-refractivity contribution is -0.384. The number of benzene rings is 3. The standard InChI is InChI=1S/C25H22N4O5S/c1-15-8-9-16(2)21(12-15)28-24(31)18-6-4-5-7-19(18)27-25(28)35-14-23(30)26-20-11-10-17(29(32)33)13-22(20)34-3/h4-13H,14H2,1-3H3,(H,26,30). The quantitative estimate of drug-likeness (QED) is 0.173.